The van der Waals surface area contributed by atoms with Gasteiger partial charge in [-0.1, -0.05) is 0 Å². The van der Waals surface area contributed by atoms with E-state index in [2.05, 4.69) is 5.10 Å². The van der Waals surface area contributed by atoms with Gasteiger partial charge in [0.15, 0.2) is 5.69 Å². The Bertz CT molecular complexity index is 372. The first-order valence-electron chi connectivity index (χ1n) is 4.51. The van der Waals surface area contributed by atoms with E-state index in [1.807, 2.05) is 0 Å². The van der Waals surface area contributed by atoms with Crippen LogP contribution >= 0.6 is 0 Å². The van der Waals surface area contributed by atoms with E-state index in [0.717, 1.165) is 0 Å². The number of carboxylic acids is 1. The molecule has 0 unspecified atom stereocenters. The number of carbonyl (C=O) groups is 2. The average Bonchev–Trinajstić information content (AvgIpc) is 2.65. The van der Waals surface area contributed by atoms with Crippen LogP contribution in [0.3, 0.4) is 0 Å². The van der Waals surface area contributed by atoms with Crippen molar-refractivity contribution < 1.29 is 19.4 Å². The minimum Gasteiger partial charge on any atom is -0.480 e. The van der Waals surface area contributed by atoms with Crippen molar-refractivity contribution in [2.75, 3.05) is 6.61 Å². The van der Waals surface area contributed by atoms with Gasteiger partial charge in [-0.05, 0) is 19.9 Å². The molecular formula is C9H12N2O4. The first-order valence-corrected chi connectivity index (χ1v) is 4.51. The molecule has 0 aliphatic carbocycles. The number of nitrogens with zero attached hydrogens (tertiary/aromatic N) is 2. The van der Waals surface area contributed by atoms with Crippen LogP contribution < -0.4 is 0 Å². The van der Waals surface area contributed by atoms with E-state index in [1.54, 1.807) is 6.92 Å². The molecule has 0 aliphatic heterocycles. The van der Waals surface area contributed by atoms with Gasteiger partial charge in [-0.3, -0.25) is 4.68 Å². The Balaban J connectivity index is 2.80. The SMILES string of the molecule is CCOC(=O)c1ccn([C@H](C)C(=O)O)n1. The first-order chi connectivity index (χ1) is 7.06. The zero-order valence-electron chi connectivity index (χ0n) is 8.51. The summed E-state index contributed by atoms with van der Waals surface area (Å²) in [7, 11) is 0. The summed E-state index contributed by atoms with van der Waals surface area (Å²) in [6.07, 6.45) is 1.44. The zero-order valence-corrected chi connectivity index (χ0v) is 8.51. The smallest absolute Gasteiger partial charge is 0.358 e. The average molecular weight is 212 g/mol. The van der Waals surface area contributed by atoms with Gasteiger partial charge in [0.25, 0.3) is 0 Å². The molecule has 0 amide bonds. The topological polar surface area (TPSA) is 81.4 Å². The van der Waals surface area contributed by atoms with Crippen molar-refractivity contribution in [3.63, 3.8) is 0 Å². The van der Waals surface area contributed by atoms with Gasteiger partial charge in [-0.2, -0.15) is 5.10 Å². The van der Waals surface area contributed by atoms with Crippen LogP contribution in [0.5, 0.6) is 0 Å². The van der Waals surface area contributed by atoms with E-state index in [0.29, 0.717) is 0 Å². The molecule has 15 heavy (non-hydrogen) atoms. The number of hydrogen-bond donors (Lipinski definition) is 1. The van der Waals surface area contributed by atoms with Crippen molar-refractivity contribution in [2.24, 2.45) is 0 Å². The molecule has 1 atom stereocenters. The van der Waals surface area contributed by atoms with Crippen molar-refractivity contribution in [1.29, 1.82) is 0 Å². The van der Waals surface area contributed by atoms with Crippen molar-refractivity contribution in [2.45, 2.75) is 19.9 Å². The Kier molecular flexibility index (Phi) is 3.43. The summed E-state index contributed by atoms with van der Waals surface area (Å²) in [4.78, 5) is 21.8. The van der Waals surface area contributed by atoms with Crippen LogP contribution in [-0.2, 0) is 9.53 Å². The number of carboxylic acid groups (broad SMARTS) is 1. The molecule has 1 aromatic rings. The van der Waals surface area contributed by atoms with E-state index in [4.69, 9.17) is 9.84 Å². The summed E-state index contributed by atoms with van der Waals surface area (Å²) in [5, 5.41) is 12.5. The predicted molar refractivity (Wildman–Crippen MR) is 50.5 cm³/mol. The molecule has 82 valence electrons. The third kappa shape index (κ3) is 2.55. The maximum atomic E-state index is 11.2. The molecule has 6 heteroatoms. The Morgan fingerprint density at radius 1 is 1.67 bits per heavy atom. The van der Waals surface area contributed by atoms with E-state index in [1.165, 1.54) is 23.9 Å². The highest BCUT2D eigenvalue weighted by atomic mass is 16.5. The van der Waals surface area contributed by atoms with E-state index >= 15 is 0 Å². The Hall–Kier alpha value is -1.85. The van der Waals surface area contributed by atoms with Gasteiger partial charge in [-0.25, -0.2) is 9.59 Å². The third-order valence-corrected chi connectivity index (χ3v) is 1.85. The fourth-order valence-electron chi connectivity index (χ4n) is 0.981. The number of aliphatic carboxylic acids is 1. The van der Waals surface area contributed by atoms with Gasteiger partial charge < -0.3 is 9.84 Å². The zero-order chi connectivity index (χ0) is 11.4. The number of ether oxygens (including phenoxy) is 1. The van der Waals surface area contributed by atoms with Gasteiger partial charge in [0.2, 0.25) is 0 Å². The largest absolute Gasteiger partial charge is 0.480 e. The molecule has 6 nitrogen and oxygen atoms in total. The summed E-state index contributed by atoms with van der Waals surface area (Å²) in [6, 6.07) is 0.630. The normalized spacial score (nSPS) is 12.1. The summed E-state index contributed by atoms with van der Waals surface area (Å²) in [5.74, 6) is -1.55. The van der Waals surface area contributed by atoms with Gasteiger partial charge >= 0.3 is 11.9 Å². The molecule has 0 bridgehead atoms. The number of esters is 1. The monoisotopic (exact) mass is 212 g/mol. The lowest BCUT2D eigenvalue weighted by Crippen LogP contribution is -2.17. The van der Waals surface area contributed by atoms with Crippen molar-refractivity contribution in [1.82, 2.24) is 9.78 Å². The first kappa shape index (κ1) is 11.2. The minimum atomic E-state index is -1.01. The van der Waals surface area contributed by atoms with Crippen molar-refractivity contribution in [3.8, 4) is 0 Å². The molecule has 0 aromatic carbocycles. The van der Waals surface area contributed by atoms with Crippen LogP contribution in [0.4, 0.5) is 0 Å². The second kappa shape index (κ2) is 4.59. The molecule has 0 spiro atoms. The fourth-order valence-corrected chi connectivity index (χ4v) is 0.981. The summed E-state index contributed by atoms with van der Waals surface area (Å²) < 4.78 is 5.92. The van der Waals surface area contributed by atoms with Crippen LogP contribution in [-0.4, -0.2) is 33.4 Å². The highest BCUT2D eigenvalue weighted by molar-refractivity contribution is 5.87. The lowest BCUT2D eigenvalue weighted by atomic mass is 10.4. The molecular weight excluding hydrogens is 200 g/mol. The highest BCUT2D eigenvalue weighted by Gasteiger charge is 2.17. The molecule has 0 aliphatic rings. The second-order valence-electron chi connectivity index (χ2n) is 2.92. The van der Waals surface area contributed by atoms with E-state index in [-0.39, 0.29) is 12.3 Å². The summed E-state index contributed by atoms with van der Waals surface area (Å²) >= 11 is 0. The van der Waals surface area contributed by atoms with Crippen molar-refractivity contribution >= 4 is 11.9 Å². The molecule has 0 radical (unpaired) electrons. The fraction of sp³-hybridized carbons (Fsp3) is 0.444. The summed E-state index contributed by atoms with van der Waals surface area (Å²) in [5.41, 5.74) is 0.116. The van der Waals surface area contributed by atoms with Gasteiger partial charge in [-0.15, -0.1) is 0 Å². The Morgan fingerprint density at radius 2 is 2.33 bits per heavy atom. The molecule has 0 saturated carbocycles. The standard InChI is InChI=1S/C9H12N2O4/c1-3-15-9(14)7-4-5-11(10-7)6(2)8(12)13/h4-6H,3H2,1-2H3,(H,12,13)/t6-/m1/s1. The van der Waals surface area contributed by atoms with Gasteiger partial charge in [0.1, 0.15) is 6.04 Å². The second-order valence-corrected chi connectivity index (χ2v) is 2.92. The van der Waals surface area contributed by atoms with Crippen LogP contribution in [0, 0.1) is 0 Å². The molecule has 1 rings (SSSR count). The van der Waals surface area contributed by atoms with Crippen LogP contribution in [0.15, 0.2) is 12.3 Å². The van der Waals surface area contributed by atoms with Gasteiger partial charge in [0.05, 0.1) is 6.61 Å². The van der Waals surface area contributed by atoms with Crippen LogP contribution in [0.2, 0.25) is 0 Å². The maximum Gasteiger partial charge on any atom is 0.358 e. The lowest BCUT2D eigenvalue weighted by Gasteiger charge is -2.05. The molecule has 1 heterocycles. The van der Waals surface area contributed by atoms with Crippen LogP contribution in [0.25, 0.3) is 0 Å². The van der Waals surface area contributed by atoms with Crippen LogP contribution in [0.1, 0.15) is 30.4 Å². The molecule has 0 saturated heterocycles. The molecule has 1 aromatic heterocycles. The number of hydrogen-bond acceptors (Lipinski definition) is 4. The molecule has 0 fully saturated rings. The third-order valence-electron chi connectivity index (χ3n) is 1.85. The summed E-state index contributed by atoms with van der Waals surface area (Å²) in [6.45, 7) is 3.43. The molecule has 1 N–H and O–H groups in total. The van der Waals surface area contributed by atoms with Crippen molar-refractivity contribution in [3.05, 3.63) is 18.0 Å². The van der Waals surface area contributed by atoms with E-state index < -0.39 is 18.0 Å². The number of carbonyl (C=O) groups excluding carboxylic acids is 1. The number of rotatable bonds is 4. The maximum absolute atomic E-state index is 11.2. The minimum absolute atomic E-state index is 0.116. The quantitative estimate of drug-likeness (QED) is 0.743. The predicted octanol–water partition coefficient (Wildman–Crippen LogP) is 0.705. The highest BCUT2D eigenvalue weighted by Crippen LogP contribution is 2.06. The Morgan fingerprint density at radius 3 is 2.87 bits per heavy atom. The van der Waals surface area contributed by atoms with E-state index in [9.17, 15) is 9.59 Å². The lowest BCUT2D eigenvalue weighted by molar-refractivity contribution is -0.140. The number of aromatic nitrogens is 2. The van der Waals surface area contributed by atoms with Gasteiger partial charge in [0, 0.05) is 6.20 Å². The Labute approximate surface area is 86.5 Å².